The smallest absolute Gasteiger partial charge is 0.115 e. The highest BCUT2D eigenvalue weighted by Crippen LogP contribution is 2.19. The maximum Gasteiger partial charge on any atom is 0.115 e. The van der Waals surface area contributed by atoms with Crippen molar-refractivity contribution >= 4 is 0 Å². The van der Waals surface area contributed by atoms with E-state index >= 15 is 0 Å². The molecule has 0 bridgehead atoms. The standard InChI is InChI=1S/C56H106O/c1-2-3-4-5-6-7-8-9-10-11-12-13-14-15-16-17-18-19-20-21-22-23-24-25-26-27-28-29-30-31-32-33-34-35-36-37-38-39-40-41-42-43-44-45-46-47-48-49-50-55-51-53-56(57)54-52-55/h51-54,57H,2-50H2,1H3. The van der Waals surface area contributed by atoms with Crippen LogP contribution >= 0.6 is 0 Å². The van der Waals surface area contributed by atoms with E-state index in [1.807, 2.05) is 12.1 Å². The molecule has 57 heavy (non-hydrogen) atoms. The largest absolute Gasteiger partial charge is 0.508 e. The molecule has 0 saturated carbocycles. The molecule has 0 atom stereocenters. The van der Waals surface area contributed by atoms with Crippen LogP contribution in [-0.4, -0.2) is 5.11 Å². The second-order valence-corrected chi connectivity index (χ2v) is 19.0. The first-order valence-corrected chi connectivity index (χ1v) is 27.1. The first-order valence-electron chi connectivity index (χ1n) is 27.1. The minimum atomic E-state index is 0.376. The van der Waals surface area contributed by atoms with E-state index in [1.54, 1.807) is 0 Å². The zero-order valence-corrected chi connectivity index (χ0v) is 39.4. The minimum absolute atomic E-state index is 0.376. The molecule has 336 valence electrons. The zero-order valence-electron chi connectivity index (χ0n) is 39.4. The highest BCUT2D eigenvalue weighted by molar-refractivity contribution is 5.25. The number of rotatable bonds is 49. The molecule has 0 saturated heterocycles. The third-order valence-electron chi connectivity index (χ3n) is 13.3. The lowest BCUT2D eigenvalue weighted by atomic mass is 10.0. The Morgan fingerprint density at radius 3 is 0.561 bits per heavy atom. The van der Waals surface area contributed by atoms with Gasteiger partial charge in [0.25, 0.3) is 0 Å². The van der Waals surface area contributed by atoms with Gasteiger partial charge in [0.05, 0.1) is 0 Å². The van der Waals surface area contributed by atoms with Crippen molar-refractivity contribution < 1.29 is 5.11 Å². The predicted molar refractivity (Wildman–Crippen MR) is 259 cm³/mol. The molecular formula is C56H106O. The van der Waals surface area contributed by atoms with Gasteiger partial charge in [0, 0.05) is 0 Å². The molecule has 1 heteroatoms. The summed E-state index contributed by atoms with van der Waals surface area (Å²) in [7, 11) is 0. The van der Waals surface area contributed by atoms with Gasteiger partial charge in [-0.2, -0.15) is 0 Å². The Balaban J connectivity index is 1.60. The van der Waals surface area contributed by atoms with Crippen molar-refractivity contribution in [1.29, 1.82) is 0 Å². The topological polar surface area (TPSA) is 20.2 Å². The molecule has 1 nitrogen and oxygen atoms in total. The number of phenolic OH excluding ortho intramolecular Hbond substituents is 1. The van der Waals surface area contributed by atoms with Crippen LogP contribution in [0.25, 0.3) is 0 Å². The molecule has 1 N–H and O–H groups in total. The van der Waals surface area contributed by atoms with E-state index in [9.17, 15) is 5.11 Å². The summed E-state index contributed by atoms with van der Waals surface area (Å²) in [5, 5.41) is 9.38. The van der Waals surface area contributed by atoms with Gasteiger partial charge in [-0.05, 0) is 30.5 Å². The van der Waals surface area contributed by atoms with E-state index in [0.717, 1.165) is 6.42 Å². The van der Waals surface area contributed by atoms with Gasteiger partial charge in [-0.25, -0.2) is 0 Å². The van der Waals surface area contributed by atoms with E-state index in [4.69, 9.17) is 0 Å². The van der Waals surface area contributed by atoms with E-state index in [1.165, 1.54) is 314 Å². The Morgan fingerprint density at radius 1 is 0.228 bits per heavy atom. The molecule has 0 radical (unpaired) electrons. The molecule has 0 heterocycles. The lowest BCUT2D eigenvalue weighted by Crippen LogP contribution is -1.86. The van der Waals surface area contributed by atoms with Gasteiger partial charge in [-0.15, -0.1) is 0 Å². The lowest BCUT2D eigenvalue weighted by molar-refractivity contribution is 0.475. The van der Waals surface area contributed by atoms with Crippen LogP contribution in [-0.2, 0) is 6.42 Å². The van der Waals surface area contributed by atoms with Crippen LogP contribution in [0, 0.1) is 0 Å². The fourth-order valence-electron chi connectivity index (χ4n) is 9.20. The van der Waals surface area contributed by atoms with Crippen molar-refractivity contribution in [1.82, 2.24) is 0 Å². The number of unbranched alkanes of at least 4 members (excludes halogenated alkanes) is 47. The van der Waals surface area contributed by atoms with Gasteiger partial charge in [-0.3, -0.25) is 0 Å². The summed E-state index contributed by atoms with van der Waals surface area (Å²) >= 11 is 0. The number of hydrogen-bond acceptors (Lipinski definition) is 1. The predicted octanol–water partition coefficient (Wildman–Crippen LogP) is 20.7. The average Bonchev–Trinajstić information content (AvgIpc) is 3.22. The quantitative estimate of drug-likeness (QED) is 0.0652. The molecular weight excluding hydrogens is 689 g/mol. The highest BCUT2D eigenvalue weighted by Gasteiger charge is 2.00. The van der Waals surface area contributed by atoms with Crippen molar-refractivity contribution in [3.05, 3.63) is 29.8 Å². The Hall–Kier alpha value is -0.980. The Morgan fingerprint density at radius 2 is 0.386 bits per heavy atom. The second kappa shape index (κ2) is 47.7. The van der Waals surface area contributed by atoms with Gasteiger partial charge in [0.1, 0.15) is 5.75 Å². The van der Waals surface area contributed by atoms with Crippen LogP contribution in [0.4, 0.5) is 0 Å². The third-order valence-corrected chi connectivity index (χ3v) is 13.3. The zero-order chi connectivity index (χ0) is 40.6. The van der Waals surface area contributed by atoms with Crippen LogP contribution in [0.2, 0.25) is 0 Å². The highest BCUT2D eigenvalue weighted by atomic mass is 16.3. The van der Waals surface area contributed by atoms with E-state index in [2.05, 4.69) is 19.1 Å². The van der Waals surface area contributed by atoms with E-state index in [0.29, 0.717) is 5.75 Å². The maximum absolute atomic E-state index is 9.38. The summed E-state index contributed by atoms with van der Waals surface area (Å²) in [5.74, 6) is 0.376. The monoisotopic (exact) mass is 795 g/mol. The molecule has 1 aromatic carbocycles. The first kappa shape index (κ1) is 54.0. The van der Waals surface area contributed by atoms with Crippen molar-refractivity contribution in [3.8, 4) is 5.75 Å². The molecule has 0 aliphatic carbocycles. The van der Waals surface area contributed by atoms with Crippen molar-refractivity contribution in [2.45, 2.75) is 322 Å². The van der Waals surface area contributed by atoms with Crippen molar-refractivity contribution in [3.63, 3.8) is 0 Å². The number of aryl methyl sites for hydroxylation is 1. The minimum Gasteiger partial charge on any atom is -0.508 e. The molecule has 0 amide bonds. The average molecular weight is 795 g/mol. The first-order chi connectivity index (χ1) is 28.3. The van der Waals surface area contributed by atoms with Gasteiger partial charge in [0.15, 0.2) is 0 Å². The van der Waals surface area contributed by atoms with Gasteiger partial charge in [-0.1, -0.05) is 321 Å². The summed E-state index contributed by atoms with van der Waals surface area (Å²) in [6, 6.07) is 7.73. The van der Waals surface area contributed by atoms with Crippen LogP contribution in [0.3, 0.4) is 0 Å². The molecule has 0 spiro atoms. The molecule has 0 aliphatic rings. The third kappa shape index (κ3) is 44.4. The summed E-state index contributed by atoms with van der Waals surface area (Å²) < 4.78 is 0. The summed E-state index contributed by atoms with van der Waals surface area (Å²) in [6.45, 7) is 2.31. The second-order valence-electron chi connectivity index (χ2n) is 19.0. The van der Waals surface area contributed by atoms with Crippen LogP contribution in [0.5, 0.6) is 5.75 Å². The fraction of sp³-hybridized carbons (Fsp3) is 0.893. The number of hydrogen-bond donors (Lipinski definition) is 1. The summed E-state index contributed by atoms with van der Waals surface area (Å²) in [5.41, 5.74) is 1.36. The van der Waals surface area contributed by atoms with Gasteiger partial charge >= 0.3 is 0 Å². The van der Waals surface area contributed by atoms with Crippen LogP contribution < -0.4 is 0 Å². The molecule has 0 aromatic heterocycles. The van der Waals surface area contributed by atoms with Gasteiger partial charge in [0.2, 0.25) is 0 Å². The van der Waals surface area contributed by atoms with Crippen molar-refractivity contribution in [2.75, 3.05) is 0 Å². The van der Waals surface area contributed by atoms with E-state index < -0.39 is 0 Å². The molecule has 0 aliphatic heterocycles. The molecule has 0 fully saturated rings. The van der Waals surface area contributed by atoms with Crippen LogP contribution in [0.15, 0.2) is 24.3 Å². The van der Waals surface area contributed by atoms with E-state index in [-0.39, 0.29) is 0 Å². The summed E-state index contributed by atoms with van der Waals surface area (Å²) in [4.78, 5) is 0. The SMILES string of the molecule is CCCCCCCCCCCCCCCCCCCCCCCCCCCCCCCCCCCCCCCCCCCCCCCCCCc1ccc(O)cc1. The Labute approximate surface area is 360 Å². The Kier molecular flexibility index (Phi) is 45.2. The molecule has 1 aromatic rings. The number of benzene rings is 1. The van der Waals surface area contributed by atoms with Crippen LogP contribution in [0.1, 0.15) is 321 Å². The van der Waals surface area contributed by atoms with Crippen molar-refractivity contribution in [2.24, 2.45) is 0 Å². The maximum atomic E-state index is 9.38. The number of aromatic hydroxyl groups is 1. The fourth-order valence-corrected chi connectivity index (χ4v) is 9.20. The molecule has 0 unspecified atom stereocenters. The summed E-state index contributed by atoms with van der Waals surface area (Å²) in [6.07, 6.45) is 71.7. The molecule has 1 rings (SSSR count). The Bertz CT molecular complexity index is 843. The number of phenols is 1. The normalized spacial score (nSPS) is 11.6. The lowest BCUT2D eigenvalue weighted by Gasteiger charge is -2.05. The van der Waals surface area contributed by atoms with Gasteiger partial charge < -0.3 is 5.11 Å².